The van der Waals surface area contributed by atoms with Crippen molar-refractivity contribution in [3.8, 4) is 0 Å². The highest BCUT2D eigenvalue weighted by molar-refractivity contribution is 9.10. The van der Waals surface area contributed by atoms with Gasteiger partial charge in [-0.15, -0.1) is 0 Å². The minimum absolute atomic E-state index is 0.378. The highest BCUT2D eigenvalue weighted by atomic mass is 79.9. The molecule has 1 aromatic rings. The van der Waals surface area contributed by atoms with Gasteiger partial charge >= 0.3 is 11.7 Å². The molecule has 0 amide bonds. The molecule has 1 atom stereocenters. The first kappa shape index (κ1) is 12.3. The van der Waals surface area contributed by atoms with Crippen molar-refractivity contribution in [2.75, 3.05) is 0 Å². The molecule has 0 aliphatic heterocycles. The first-order valence-electron chi connectivity index (χ1n) is 3.65. The molecular weight excluding hydrogens is 294 g/mol. The number of halogens is 3. The monoisotopic (exact) mass is 298 g/mol. The van der Waals surface area contributed by atoms with Gasteiger partial charge in [0.25, 0.3) is 0 Å². The van der Waals surface area contributed by atoms with Crippen LogP contribution in [0, 0.1) is 0 Å². The third kappa shape index (κ3) is 2.82. The fourth-order valence-electron chi connectivity index (χ4n) is 0.935. The van der Waals surface area contributed by atoms with Crippen molar-refractivity contribution >= 4 is 32.7 Å². The molecule has 0 bridgehead atoms. The molecule has 1 unspecified atom stereocenters. The Hall–Kier alpha value is -0.820. The van der Waals surface area contributed by atoms with Gasteiger partial charge in [0.05, 0.1) is 10.5 Å². The molecular formula is C8H5BrF2O3S. The summed E-state index contributed by atoms with van der Waals surface area (Å²) in [7, 11) is -2.62. The molecule has 1 rings (SSSR count). The second kappa shape index (κ2) is 4.80. The normalized spacial score (nSPS) is 12.8. The molecule has 0 heterocycles. The van der Waals surface area contributed by atoms with Crippen LogP contribution in [-0.2, 0) is 10.8 Å². The molecule has 0 radical (unpaired) electrons. The van der Waals surface area contributed by atoms with Crippen LogP contribution in [0.3, 0.4) is 0 Å². The Balaban J connectivity index is 3.30. The smallest absolute Gasteiger partial charge is 0.336 e. The van der Waals surface area contributed by atoms with E-state index >= 15 is 0 Å². The number of alkyl halides is 2. The van der Waals surface area contributed by atoms with Crippen LogP contribution in [0.15, 0.2) is 27.6 Å². The highest BCUT2D eigenvalue weighted by Crippen LogP contribution is 2.23. The van der Waals surface area contributed by atoms with E-state index in [0.717, 1.165) is 12.1 Å². The predicted octanol–water partition coefficient (Wildman–Crippen LogP) is 2.48. The van der Waals surface area contributed by atoms with Gasteiger partial charge < -0.3 is 5.11 Å². The highest BCUT2D eigenvalue weighted by Gasteiger charge is 2.22. The number of carboxylic acid groups (broad SMARTS) is 1. The average molecular weight is 299 g/mol. The van der Waals surface area contributed by atoms with E-state index < -0.39 is 22.5 Å². The molecule has 1 aromatic carbocycles. The van der Waals surface area contributed by atoms with E-state index in [4.69, 9.17) is 5.11 Å². The summed E-state index contributed by atoms with van der Waals surface area (Å²) in [6.45, 7) is 0. The van der Waals surface area contributed by atoms with Crippen LogP contribution >= 0.6 is 15.9 Å². The second-order valence-electron chi connectivity index (χ2n) is 2.50. The molecule has 0 saturated heterocycles. The fraction of sp³-hybridized carbons (Fsp3) is 0.125. The van der Waals surface area contributed by atoms with E-state index in [1.165, 1.54) is 6.07 Å². The van der Waals surface area contributed by atoms with Gasteiger partial charge in [-0.1, -0.05) is 15.9 Å². The number of benzene rings is 1. The third-order valence-electron chi connectivity index (χ3n) is 1.55. The largest absolute Gasteiger partial charge is 0.478 e. The number of aromatic carboxylic acids is 1. The minimum Gasteiger partial charge on any atom is -0.478 e. The first-order valence-corrected chi connectivity index (χ1v) is 5.65. The van der Waals surface area contributed by atoms with Gasteiger partial charge in [-0.05, 0) is 18.2 Å². The Morgan fingerprint density at radius 1 is 1.47 bits per heavy atom. The summed E-state index contributed by atoms with van der Waals surface area (Å²) in [4.78, 5) is 10.3. The van der Waals surface area contributed by atoms with Crippen LogP contribution in [0.5, 0.6) is 0 Å². The van der Waals surface area contributed by atoms with Crippen molar-refractivity contribution < 1.29 is 22.9 Å². The number of rotatable bonds is 3. The van der Waals surface area contributed by atoms with Gasteiger partial charge in [0.2, 0.25) is 0 Å². The molecule has 0 fully saturated rings. The minimum atomic E-state index is -3.10. The van der Waals surface area contributed by atoms with E-state index in [9.17, 15) is 17.8 Å². The van der Waals surface area contributed by atoms with E-state index in [2.05, 4.69) is 15.9 Å². The molecule has 3 nitrogen and oxygen atoms in total. The van der Waals surface area contributed by atoms with Crippen molar-refractivity contribution in [2.45, 2.75) is 10.7 Å². The fourth-order valence-corrected chi connectivity index (χ4v) is 2.26. The zero-order valence-corrected chi connectivity index (χ0v) is 9.52. The lowest BCUT2D eigenvalue weighted by atomic mass is 10.2. The van der Waals surface area contributed by atoms with Gasteiger partial charge in [-0.25, -0.2) is 9.00 Å². The van der Waals surface area contributed by atoms with Gasteiger partial charge in [0, 0.05) is 4.47 Å². The van der Waals surface area contributed by atoms with Crippen LogP contribution in [0.1, 0.15) is 10.4 Å². The lowest BCUT2D eigenvalue weighted by molar-refractivity contribution is 0.0693. The summed E-state index contributed by atoms with van der Waals surface area (Å²) < 4.78 is 35.9. The Labute approximate surface area is 94.7 Å². The average Bonchev–Trinajstić information content (AvgIpc) is 2.15. The number of hydrogen-bond donors (Lipinski definition) is 1. The maximum atomic E-state index is 12.2. The van der Waals surface area contributed by atoms with E-state index in [1.807, 2.05) is 0 Å². The van der Waals surface area contributed by atoms with E-state index in [0.29, 0.717) is 4.47 Å². The molecule has 1 N–H and O–H groups in total. The second-order valence-corrected chi connectivity index (χ2v) is 4.81. The SMILES string of the molecule is O=C(O)c1ccc(Br)cc1S(=O)C(F)F. The topological polar surface area (TPSA) is 54.4 Å². The van der Waals surface area contributed by atoms with Crippen LogP contribution in [0.25, 0.3) is 0 Å². The molecule has 0 aromatic heterocycles. The summed E-state index contributed by atoms with van der Waals surface area (Å²) in [6.07, 6.45) is 0. The van der Waals surface area contributed by atoms with Crippen molar-refractivity contribution in [3.63, 3.8) is 0 Å². The molecule has 0 aliphatic carbocycles. The molecule has 15 heavy (non-hydrogen) atoms. The Morgan fingerprint density at radius 3 is 2.53 bits per heavy atom. The lowest BCUT2D eigenvalue weighted by Crippen LogP contribution is -2.09. The molecule has 82 valence electrons. The summed E-state index contributed by atoms with van der Waals surface area (Å²) in [6, 6.07) is 3.63. The Kier molecular flexibility index (Phi) is 3.92. The molecule has 0 spiro atoms. The van der Waals surface area contributed by atoms with Crippen molar-refractivity contribution in [3.05, 3.63) is 28.2 Å². The molecule has 7 heteroatoms. The van der Waals surface area contributed by atoms with Crippen LogP contribution in [0.2, 0.25) is 0 Å². The van der Waals surface area contributed by atoms with E-state index in [-0.39, 0.29) is 10.5 Å². The summed E-state index contributed by atoms with van der Waals surface area (Å²) in [5.41, 5.74) is -0.378. The number of carboxylic acids is 1. The van der Waals surface area contributed by atoms with Gasteiger partial charge in [0.15, 0.2) is 0 Å². The van der Waals surface area contributed by atoms with Crippen LogP contribution < -0.4 is 0 Å². The van der Waals surface area contributed by atoms with Gasteiger partial charge in [0.1, 0.15) is 10.8 Å². The maximum Gasteiger partial charge on any atom is 0.336 e. The van der Waals surface area contributed by atoms with E-state index in [1.54, 1.807) is 0 Å². The van der Waals surface area contributed by atoms with Crippen LogP contribution in [0.4, 0.5) is 8.78 Å². The maximum absolute atomic E-state index is 12.2. The molecule has 0 saturated carbocycles. The summed E-state index contributed by atoms with van der Waals surface area (Å²) in [5, 5.41) is 8.69. The van der Waals surface area contributed by atoms with Crippen molar-refractivity contribution in [1.82, 2.24) is 0 Å². The zero-order chi connectivity index (χ0) is 11.6. The first-order chi connectivity index (χ1) is 6.93. The summed E-state index contributed by atoms with van der Waals surface area (Å²) in [5.74, 6) is -4.48. The zero-order valence-electron chi connectivity index (χ0n) is 7.12. The van der Waals surface area contributed by atoms with Gasteiger partial charge in [-0.3, -0.25) is 0 Å². The van der Waals surface area contributed by atoms with Gasteiger partial charge in [-0.2, -0.15) is 8.78 Å². The van der Waals surface area contributed by atoms with Crippen molar-refractivity contribution in [2.24, 2.45) is 0 Å². The summed E-state index contributed by atoms with van der Waals surface area (Å²) >= 11 is 2.99. The predicted molar refractivity (Wildman–Crippen MR) is 53.5 cm³/mol. The Morgan fingerprint density at radius 2 is 2.07 bits per heavy atom. The number of carbonyl (C=O) groups is 1. The quantitative estimate of drug-likeness (QED) is 0.933. The Bertz CT molecular complexity index is 422. The van der Waals surface area contributed by atoms with Crippen molar-refractivity contribution in [1.29, 1.82) is 0 Å². The van der Waals surface area contributed by atoms with Crippen LogP contribution in [-0.4, -0.2) is 21.0 Å². The third-order valence-corrected chi connectivity index (χ3v) is 3.14. The number of hydrogen-bond acceptors (Lipinski definition) is 2. The molecule has 0 aliphatic rings. The standard InChI is InChI=1S/C8H5BrF2O3S/c9-4-1-2-5(7(12)13)6(3-4)15(14)8(10)11/h1-3,8H,(H,12,13). The lowest BCUT2D eigenvalue weighted by Gasteiger charge is -2.05.